The van der Waals surface area contributed by atoms with Gasteiger partial charge in [0.1, 0.15) is 0 Å². The number of ketones is 1. The van der Waals surface area contributed by atoms with Gasteiger partial charge >= 0.3 is 0 Å². The normalized spacial score (nSPS) is 10.7. The van der Waals surface area contributed by atoms with E-state index in [1.807, 2.05) is 54.6 Å². The number of carbonyl (C=O) groups excluding carboxylic acids is 1. The first kappa shape index (κ1) is 12.5. The second-order valence-corrected chi connectivity index (χ2v) is 4.61. The van der Waals surface area contributed by atoms with E-state index in [9.17, 15) is 4.79 Å². The molecule has 2 N–H and O–H groups in total. The van der Waals surface area contributed by atoms with Gasteiger partial charge in [0.15, 0.2) is 5.78 Å². The number of fused-ring (bicyclic) bond motifs is 1. The van der Waals surface area contributed by atoms with Crippen molar-refractivity contribution >= 4 is 16.7 Å². The van der Waals surface area contributed by atoms with Crippen LogP contribution in [0.15, 0.2) is 60.8 Å². The summed E-state index contributed by atoms with van der Waals surface area (Å²) in [5.74, 6) is 0.00664. The lowest BCUT2D eigenvalue weighted by Crippen LogP contribution is -2.03. The van der Waals surface area contributed by atoms with E-state index in [-0.39, 0.29) is 5.78 Å². The van der Waals surface area contributed by atoms with Crippen molar-refractivity contribution in [2.75, 3.05) is 0 Å². The summed E-state index contributed by atoms with van der Waals surface area (Å²) in [6.45, 7) is 0.479. The molecule has 98 valence electrons. The lowest BCUT2D eigenvalue weighted by Gasteiger charge is -2.06. The number of benzene rings is 2. The second-order valence-electron chi connectivity index (χ2n) is 4.61. The maximum Gasteiger partial charge on any atom is 0.193 e. The highest BCUT2D eigenvalue weighted by Crippen LogP contribution is 2.20. The lowest BCUT2D eigenvalue weighted by atomic mass is 9.98. The Kier molecular flexibility index (Phi) is 3.27. The molecule has 3 heteroatoms. The quantitative estimate of drug-likeness (QED) is 0.738. The van der Waals surface area contributed by atoms with E-state index in [2.05, 4.69) is 4.98 Å². The Balaban J connectivity index is 2.07. The van der Waals surface area contributed by atoms with Gasteiger partial charge < -0.3 is 5.73 Å². The monoisotopic (exact) mass is 262 g/mol. The first-order chi connectivity index (χ1) is 9.79. The summed E-state index contributed by atoms with van der Waals surface area (Å²) in [5, 5.41) is 0.878. The molecule has 0 aliphatic rings. The average molecular weight is 262 g/mol. The molecule has 0 saturated heterocycles. The van der Waals surface area contributed by atoms with Crippen LogP contribution < -0.4 is 5.73 Å². The molecule has 0 amide bonds. The van der Waals surface area contributed by atoms with Crippen LogP contribution in [0, 0.1) is 0 Å². The van der Waals surface area contributed by atoms with E-state index in [1.165, 1.54) is 0 Å². The minimum atomic E-state index is 0.00664. The van der Waals surface area contributed by atoms with Crippen LogP contribution in [-0.4, -0.2) is 10.8 Å². The topological polar surface area (TPSA) is 56.0 Å². The van der Waals surface area contributed by atoms with Gasteiger partial charge in [-0.25, -0.2) is 0 Å². The van der Waals surface area contributed by atoms with E-state index in [0.29, 0.717) is 17.7 Å². The summed E-state index contributed by atoms with van der Waals surface area (Å²) in [6, 6.07) is 16.8. The fourth-order valence-corrected chi connectivity index (χ4v) is 2.25. The number of rotatable bonds is 3. The Morgan fingerprint density at radius 1 is 1.00 bits per heavy atom. The number of hydrogen-bond acceptors (Lipinski definition) is 3. The highest BCUT2D eigenvalue weighted by atomic mass is 16.1. The molecule has 0 saturated carbocycles. The average Bonchev–Trinajstić information content (AvgIpc) is 2.54. The molecule has 1 heterocycles. The minimum absolute atomic E-state index is 0.00664. The molecule has 0 radical (unpaired) electrons. The minimum Gasteiger partial charge on any atom is -0.326 e. The van der Waals surface area contributed by atoms with Gasteiger partial charge in [0, 0.05) is 29.3 Å². The molecule has 0 unspecified atom stereocenters. The third kappa shape index (κ3) is 2.19. The van der Waals surface area contributed by atoms with Crippen LogP contribution in [0.2, 0.25) is 0 Å². The molecule has 0 fully saturated rings. The van der Waals surface area contributed by atoms with Gasteiger partial charge in [0.25, 0.3) is 0 Å². The van der Waals surface area contributed by atoms with E-state index in [0.717, 1.165) is 16.5 Å². The highest BCUT2D eigenvalue weighted by molar-refractivity contribution is 6.15. The molecule has 3 rings (SSSR count). The van der Waals surface area contributed by atoms with Gasteiger partial charge in [-0.15, -0.1) is 0 Å². The molecule has 0 aliphatic carbocycles. The van der Waals surface area contributed by atoms with Crippen LogP contribution >= 0.6 is 0 Å². The highest BCUT2D eigenvalue weighted by Gasteiger charge is 2.12. The van der Waals surface area contributed by atoms with Crippen LogP contribution in [0.3, 0.4) is 0 Å². The summed E-state index contributed by atoms with van der Waals surface area (Å²) in [5.41, 5.74) is 8.76. The molecule has 1 aromatic heterocycles. The third-order valence-corrected chi connectivity index (χ3v) is 3.34. The second kappa shape index (κ2) is 5.23. The van der Waals surface area contributed by atoms with E-state index < -0.39 is 0 Å². The predicted molar refractivity (Wildman–Crippen MR) is 79.5 cm³/mol. The standard InChI is InChI=1S/C17H14N2O/c18-11-12-6-8-13(9-7-12)17(20)15-3-1-5-16-14(15)4-2-10-19-16/h1-10H,11,18H2. The zero-order valence-corrected chi connectivity index (χ0v) is 10.9. The SMILES string of the molecule is NCc1ccc(C(=O)c2cccc3ncccc23)cc1. The molecule has 0 aliphatic heterocycles. The van der Waals surface area contributed by atoms with E-state index in [4.69, 9.17) is 5.73 Å². The zero-order chi connectivity index (χ0) is 13.9. The van der Waals surface area contributed by atoms with Crippen molar-refractivity contribution in [1.82, 2.24) is 4.98 Å². The van der Waals surface area contributed by atoms with Crippen molar-refractivity contribution in [2.24, 2.45) is 5.73 Å². The zero-order valence-electron chi connectivity index (χ0n) is 10.9. The van der Waals surface area contributed by atoms with Gasteiger partial charge in [-0.3, -0.25) is 9.78 Å². The van der Waals surface area contributed by atoms with Crippen molar-refractivity contribution in [3.63, 3.8) is 0 Å². The number of aromatic nitrogens is 1. The van der Waals surface area contributed by atoms with Crippen LogP contribution in [0.25, 0.3) is 10.9 Å². The predicted octanol–water partition coefficient (Wildman–Crippen LogP) is 2.92. The summed E-state index contributed by atoms with van der Waals surface area (Å²) in [4.78, 5) is 16.9. The molecule has 20 heavy (non-hydrogen) atoms. The Morgan fingerprint density at radius 3 is 2.55 bits per heavy atom. The van der Waals surface area contributed by atoms with Gasteiger partial charge in [0.2, 0.25) is 0 Å². The number of nitrogens with two attached hydrogens (primary N) is 1. The number of nitrogens with zero attached hydrogens (tertiary/aromatic N) is 1. The Labute approximate surface area is 117 Å². The molecule has 3 nitrogen and oxygen atoms in total. The molecular formula is C17H14N2O. The van der Waals surface area contributed by atoms with Crippen molar-refractivity contribution < 1.29 is 4.79 Å². The van der Waals surface area contributed by atoms with Crippen molar-refractivity contribution in [2.45, 2.75) is 6.54 Å². The van der Waals surface area contributed by atoms with E-state index in [1.54, 1.807) is 6.20 Å². The Hall–Kier alpha value is -2.52. The van der Waals surface area contributed by atoms with Crippen LogP contribution in [0.1, 0.15) is 21.5 Å². The van der Waals surface area contributed by atoms with Gasteiger partial charge in [-0.1, -0.05) is 42.5 Å². The number of pyridine rings is 1. The smallest absolute Gasteiger partial charge is 0.193 e. The van der Waals surface area contributed by atoms with E-state index >= 15 is 0 Å². The van der Waals surface area contributed by atoms with Crippen molar-refractivity contribution in [3.8, 4) is 0 Å². The lowest BCUT2D eigenvalue weighted by molar-refractivity contribution is 0.104. The molecule has 0 atom stereocenters. The fourth-order valence-electron chi connectivity index (χ4n) is 2.25. The molecule has 0 bridgehead atoms. The van der Waals surface area contributed by atoms with Gasteiger partial charge in [-0.2, -0.15) is 0 Å². The summed E-state index contributed by atoms with van der Waals surface area (Å²) in [6.07, 6.45) is 1.73. The third-order valence-electron chi connectivity index (χ3n) is 3.34. The Bertz CT molecular complexity index is 758. The molecule has 3 aromatic rings. The van der Waals surface area contributed by atoms with Crippen LogP contribution in [-0.2, 0) is 6.54 Å². The number of carbonyl (C=O) groups is 1. The van der Waals surface area contributed by atoms with Crippen LogP contribution in [0.5, 0.6) is 0 Å². The van der Waals surface area contributed by atoms with Gasteiger partial charge in [-0.05, 0) is 17.7 Å². The summed E-state index contributed by atoms with van der Waals surface area (Å²) >= 11 is 0. The summed E-state index contributed by atoms with van der Waals surface area (Å²) < 4.78 is 0. The van der Waals surface area contributed by atoms with Crippen LogP contribution in [0.4, 0.5) is 0 Å². The Morgan fingerprint density at radius 2 is 1.80 bits per heavy atom. The first-order valence-corrected chi connectivity index (χ1v) is 6.47. The summed E-state index contributed by atoms with van der Waals surface area (Å²) in [7, 11) is 0. The molecule has 0 spiro atoms. The fraction of sp³-hybridized carbons (Fsp3) is 0.0588. The molecule has 2 aromatic carbocycles. The first-order valence-electron chi connectivity index (χ1n) is 6.47. The maximum absolute atomic E-state index is 12.6. The largest absolute Gasteiger partial charge is 0.326 e. The maximum atomic E-state index is 12.6. The van der Waals surface area contributed by atoms with Crippen molar-refractivity contribution in [3.05, 3.63) is 77.5 Å². The van der Waals surface area contributed by atoms with Gasteiger partial charge in [0.05, 0.1) is 5.52 Å². The van der Waals surface area contributed by atoms with Crippen molar-refractivity contribution in [1.29, 1.82) is 0 Å². The molecular weight excluding hydrogens is 248 g/mol. The number of hydrogen-bond donors (Lipinski definition) is 1.